The van der Waals surface area contributed by atoms with E-state index in [1.165, 1.54) is 43.5 Å². The van der Waals surface area contributed by atoms with Gasteiger partial charge >= 0.3 is 0 Å². The maximum Gasteiger partial charge on any atom is 0.0399 e. The predicted molar refractivity (Wildman–Crippen MR) is 83.9 cm³/mol. The molecule has 1 aliphatic heterocycles. The molecule has 1 aromatic rings. The van der Waals surface area contributed by atoms with Crippen molar-refractivity contribution in [1.82, 2.24) is 5.32 Å². The Balaban J connectivity index is 1.83. The van der Waals surface area contributed by atoms with Crippen molar-refractivity contribution in [3.63, 3.8) is 0 Å². The molecule has 1 heterocycles. The van der Waals surface area contributed by atoms with Crippen LogP contribution in [0.3, 0.4) is 0 Å². The summed E-state index contributed by atoms with van der Waals surface area (Å²) in [6.45, 7) is 9.16. The van der Waals surface area contributed by atoms with Gasteiger partial charge in [0, 0.05) is 25.3 Å². The second kappa shape index (κ2) is 7.54. The van der Waals surface area contributed by atoms with Crippen molar-refractivity contribution in [1.29, 1.82) is 0 Å². The highest BCUT2D eigenvalue weighted by atomic mass is 15.1. The minimum absolute atomic E-state index is 0.798. The first kappa shape index (κ1) is 14.4. The minimum Gasteiger partial charge on any atom is -0.370 e. The Labute approximate surface area is 118 Å². The molecule has 0 aromatic heterocycles. The quantitative estimate of drug-likeness (QED) is 0.788. The summed E-state index contributed by atoms with van der Waals surface area (Å²) in [5.74, 6) is 0.798. The zero-order valence-corrected chi connectivity index (χ0v) is 12.5. The molecular weight excluding hydrogens is 232 g/mol. The number of benzene rings is 1. The SMILES string of the molecule is CC(C)CCNCCN1CCCCc2ccccc21. The van der Waals surface area contributed by atoms with Crippen LogP contribution in [-0.2, 0) is 6.42 Å². The first-order chi connectivity index (χ1) is 9.27. The number of fused-ring (bicyclic) bond motifs is 1. The molecule has 0 aliphatic carbocycles. The van der Waals surface area contributed by atoms with Crippen LogP contribution in [0.5, 0.6) is 0 Å². The largest absolute Gasteiger partial charge is 0.370 e. The van der Waals surface area contributed by atoms with Crippen LogP contribution >= 0.6 is 0 Å². The Morgan fingerprint density at radius 2 is 2.00 bits per heavy atom. The van der Waals surface area contributed by atoms with E-state index >= 15 is 0 Å². The molecular formula is C17H28N2. The smallest absolute Gasteiger partial charge is 0.0399 e. The maximum atomic E-state index is 3.57. The van der Waals surface area contributed by atoms with Crippen molar-refractivity contribution >= 4 is 5.69 Å². The fourth-order valence-corrected chi connectivity index (χ4v) is 2.73. The number of hydrogen-bond acceptors (Lipinski definition) is 2. The molecule has 19 heavy (non-hydrogen) atoms. The van der Waals surface area contributed by atoms with E-state index in [2.05, 4.69) is 48.3 Å². The van der Waals surface area contributed by atoms with Crippen LogP contribution in [0, 0.1) is 5.92 Å². The Morgan fingerprint density at radius 1 is 1.16 bits per heavy atom. The van der Waals surface area contributed by atoms with Crippen LogP contribution in [0.15, 0.2) is 24.3 Å². The van der Waals surface area contributed by atoms with Crippen molar-refractivity contribution in [3.8, 4) is 0 Å². The lowest BCUT2D eigenvalue weighted by Crippen LogP contribution is -2.33. The van der Waals surface area contributed by atoms with E-state index in [1.807, 2.05) is 0 Å². The van der Waals surface area contributed by atoms with Gasteiger partial charge in [0.1, 0.15) is 0 Å². The van der Waals surface area contributed by atoms with Gasteiger partial charge in [-0.25, -0.2) is 0 Å². The Hall–Kier alpha value is -1.02. The van der Waals surface area contributed by atoms with Gasteiger partial charge in [0.05, 0.1) is 0 Å². The first-order valence-electron chi connectivity index (χ1n) is 7.81. The normalized spacial score (nSPS) is 15.4. The van der Waals surface area contributed by atoms with E-state index in [4.69, 9.17) is 0 Å². The summed E-state index contributed by atoms with van der Waals surface area (Å²) < 4.78 is 0. The van der Waals surface area contributed by atoms with Crippen LogP contribution in [0.4, 0.5) is 5.69 Å². The lowest BCUT2D eigenvalue weighted by molar-refractivity contribution is 0.536. The standard InChI is InChI=1S/C17H28N2/c1-15(2)10-11-18-12-14-19-13-6-5-8-16-7-3-4-9-17(16)19/h3-4,7,9,15,18H,5-6,8,10-14H2,1-2H3. The highest BCUT2D eigenvalue weighted by Gasteiger charge is 2.13. The fraction of sp³-hybridized carbons (Fsp3) is 0.647. The highest BCUT2D eigenvalue weighted by molar-refractivity contribution is 5.54. The summed E-state index contributed by atoms with van der Waals surface area (Å²) >= 11 is 0. The highest BCUT2D eigenvalue weighted by Crippen LogP contribution is 2.25. The third-order valence-electron chi connectivity index (χ3n) is 3.91. The van der Waals surface area contributed by atoms with Gasteiger partial charge in [-0.2, -0.15) is 0 Å². The van der Waals surface area contributed by atoms with Crippen LogP contribution in [0.1, 0.15) is 38.7 Å². The molecule has 0 atom stereocenters. The molecule has 0 spiro atoms. The molecule has 0 saturated carbocycles. The number of aryl methyl sites for hydroxylation is 1. The van der Waals surface area contributed by atoms with Crippen LogP contribution in [0.2, 0.25) is 0 Å². The molecule has 1 aliphatic rings. The molecule has 2 nitrogen and oxygen atoms in total. The molecule has 0 saturated heterocycles. The average Bonchev–Trinajstić information content (AvgIpc) is 2.61. The third-order valence-corrected chi connectivity index (χ3v) is 3.91. The summed E-state index contributed by atoms with van der Waals surface area (Å²) in [7, 11) is 0. The molecule has 106 valence electrons. The Kier molecular flexibility index (Phi) is 5.71. The van der Waals surface area contributed by atoms with Crippen LogP contribution in [-0.4, -0.2) is 26.2 Å². The van der Waals surface area contributed by atoms with E-state index in [0.717, 1.165) is 25.6 Å². The number of anilines is 1. The summed E-state index contributed by atoms with van der Waals surface area (Å²) in [4.78, 5) is 2.56. The Morgan fingerprint density at radius 3 is 2.84 bits per heavy atom. The summed E-state index contributed by atoms with van der Waals surface area (Å²) in [6, 6.07) is 8.92. The van der Waals surface area contributed by atoms with Gasteiger partial charge in [-0.05, 0) is 49.8 Å². The van der Waals surface area contributed by atoms with Crippen molar-refractivity contribution in [2.75, 3.05) is 31.1 Å². The number of para-hydroxylation sites is 1. The van der Waals surface area contributed by atoms with Crippen LogP contribution in [0.25, 0.3) is 0 Å². The van der Waals surface area contributed by atoms with Gasteiger partial charge in [0.15, 0.2) is 0 Å². The van der Waals surface area contributed by atoms with E-state index in [1.54, 1.807) is 0 Å². The van der Waals surface area contributed by atoms with Gasteiger partial charge in [0.2, 0.25) is 0 Å². The summed E-state index contributed by atoms with van der Waals surface area (Å²) in [6.07, 6.45) is 5.17. The number of nitrogens with one attached hydrogen (secondary N) is 1. The zero-order chi connectivity index (χ0) is 13.5. The second-order valence-corrected chi connectivity index (χ2v) is 6.01. The lowest BCUT2D eigenvalue weighted by Gasteiger charge is -2.25. The van der Waals surface area contributed by atoms with Gasteiger partial charge in [-0.3, -0.25) is 0 Å². The predicted octanol–water partition coefficient (Wildman–Crippen LogP) is 3.47. The maximum absolute atomic E-state index is 3.57. The molecule has 1 aromatic carbocycles. The van der Waals surface area contributed by atoms with Crippen molar-refractivity contribution in [2.24, 2.45) is 5.92 Å². The lowest BCUT2D eigenvalue weighted by atomic mass is 10.1. The van der Waals surface area contributed by atoms with Crippen LogP contribution < -0.4 is 10.2 Å². The zero-order valence-electron chi connectivity index (χ0n) is 12.5. The molecule has 0 unspecified atom stereocenters. The van der Waals surface area contributed by atoms with E-state index in [-0.39, 0.29) is 0 Å². The van der Waals surface area contributed by atoms with Crippen molar-refractivity contribution in [2.45, 2.75) is 39.5 Å². The molecule has 0 bridgehead atoms. The molecule has 0 amide bonds. The molecule has 0 fully saturated rings. The molecule has 0 radical (unpaired) electrons. The monoisotopic (exact) mass is 260 g/mol. The van der Waals surface area contributed by atoms with Gasteiger partial charge < -0.3 is 10.2 Å². The fourth-order valence-electron chi connectivity index (χ4n) is 2.73. The molecule has 2 rings (SSSR count). The minimum atomic E-state index is 0.798. The van der Waals surface area contributed by atoms with Crippen molar-refractivity contribution < 1.29 is 0 Å². The Bertz CT molecular complexity index is 373. The summed E-state index contributed by atoms with van der Waals surface area (Å²) in [5.41, 5.74) is 2.99. The molecule has 2 heteroatoms. The number of hydrogen-bond donors (Lipinski definition) is 1. The van der Waals surface area contributed by atoms with E-state index in [0.29, 0.717) is 0 Å². The van der Waals surface area contributed by atoms with Gasteiger partial charge in [-0.1, -0.05) is 32.0 Å². The second-order valence-electron chi connectivity index (χ2n) is 6.01. The third kappa shape index (κ3) is 4.54. The van der Waals surface area contributed by atoms with Gasteiger partial charge in [-0.15, -0.1) is 0 Å². The van der Waals surface area contributed by atoms with E-state index < -0.39 is 0 Å². The topological polar surface area (TPSA) is 15.3 Å². The average molecular weight is 260 g/mol. The first-order valence-corrected chi connectivity index (χ1v) is 7.81. The summed E-state index contributed by atoms with van der Waals surface area (Å²) in [5, 5.41) is 3.57. The van der Waals surface area contributed by atoms with Crippen molar-refractivity contribution in [3.05, 3.63) is 29.8 Å². The number of rotatable bonds is 6. The number of nitrogens with zero attached hydrogens (tertiary/aromatic N) is 1. The van der Waals surface area contributed by atoms with E-state index in [9.17, 15) is 0 Å². The molecule has 1 N–H and O–H groups in total. The van der Waals surface area contributed by atoms with Gasteiger partial charge in [0.25, 0.3) is 0 Å².